The van der Waals surface area contributed by atoms with Gasteiger partial charge in [-0.2, -0.15) is 0 Å². The van der Waals surface area contributed by atoms with E-state index in [9.17, 15) is 9.59 Å². The van der Waals surface area contributed by atoms with E-state index in [2.05, 4.69) is 5.32 Å². The summed E-state index contributed by atoms with van der Waals surface area (Å²) in [5, 5.41) is 2.80. The second-order valence-electron chi connectivity index (χ2n) is 4.74. The van der Waals surface area contributed by atoms with Gasteiger partial charge in [0.05, 0.1) is 11.8 Å². The van der Waals surface area contributed by atoms with Gasteiger partial charge in [-0.3, -0.25) is 9.36 Å². The lowest BCUT2D eigenvalue weighted by molar-refractivity contribution is -0.116. The third kappa shape index (κ3) is 2.74. The number of anilines is 1. The first-order valence-electron chi connectivity index (χ1n) is 6.55. The molecule has 0 fully saturated rings. The van der Waals surface area contributed by atoms with Gasteiger partial charge in [0.25, 0.3) is 0 Å². The molecule has 0 aliphatic carbocycles. The molecule has 21 heavy (non-hydrogen) atoms. The van der Waals surface area contributed by atoms with E-state index >= 15 is 0 Å². The first-order valence-corrected chi connectivity index (χ1v) is 6.55. The number of nitrogens with one attached hydrogen (secondary N) is 1. The van der Waals surface area contributed by atoms with Crippen LogP contribution < -0.4 is 11.1 Å². The number of amides is 1. The molecule has 1 aromatic carbocycles. The smallest absolute Gasteiger partial charge is 0.419 e. The number of oxazole rings is 1. The minimum atomic E-state index is -0.425. The SMILES string of the molecule is Cn1c(=O)oc2ccc(NC(=O)CCc3ccco3)cc21. The Morgan fingerprint density at radius 2 is 2.19 bits per heavy atom. The number of rotatable bonds is 4. The van der Waals surface area contributed by atoms with E-state index in [1.807, 2.05) is 6.07 Å². The Bertz CT molecular complexity index is 827. The Balaban J connectivity index is 1.70. The van der Waals surface area contributed by atoms with Crippen LogP contribution >= 0.6 is 0 Å². The molecule has 6 nitrogen and oxygen atoms in total. The van der Waals surface area contributed by atoms with Crippen molar-refractivity contribution >= 4 is 22.7 Å². The molecule has 2 heterocycles. The molecule has 3 aromatic rings. The summed E-state index contributed by atoms with van der Waals surface area (Å²) in [6.45, 7) is 0. The molecule has 0 aliphatic rings. The summed E-state index contributed by atoms with van der Waals surface area (Å²) in [6.07, 6.45) is 2.46. The molecule has 0 bridgehead atoms. The van der Waals surface area contributed by atoms with E-state index < -0.39 is 5.76 Å². The number of nitrogens with zero attached hydrogens (tertiary/aromatic N) is 1. The van der Waals surface area contributed by atoms with Crippen molar-refractivity contribution in [2.75, 3.05) is 5.32 Å². The number of aryl methyl sites for hydroxylation is 2. The normalized spacial score (nSPS) is 10.9. The zero-order chi connectivity index (χ0) is 14.8. The number of carbonyl (C=O) groups is 1. The van der Waals surface area contributed by atoms with Crippen LogP contribution in [0.2, 0.25) is 0 Å². The third-order valence-corrected chi connectivity index (χ3v) is 3.25. The number of carbonyl (C=O) groups excluding carboxylic acids is 1. The summed E-state index contributed by atoms with van der Waals surface area (Å²) in [6, 6.07) is 8.71. The average molecular weight is 286 g/mol. The second-order valence-corrected chi connectivity index (χ2v) is 4.74. The highest BCUT2D eigenvalue weighted by Gasteiger charge is 2.09. The van der Waals surface area contributed by atoms with Crippen molar-refractivity contribution in [3.63, 3.8) is 0 Å². The van der Waals surface area contributed by atoms with Gasteiger partial charge in [0, 0.05) is 25.6 Å². The summed E-state index contributed by atoms with van der Waals surface area (Å²) >= 11 is 0. The van der Waals surface area contributed by atoms with Gasteiger partial charge in [-0.25, -0.2) is 4.79 Å². The van der Waals surface area contributed by atoms with Crippen LogP contribution in [0, 0.1) is 0 Å². The van der Waals surface area contributed by atoms with Crippen LogP contribution in [0.5, 0.6) is 0 Å². The fourth-order valence-corrected chi connectivity index (χ4v) is 2.12. The minimum Gasteiger partial charge on any atom is -0.469 e. The number of hydrogen-bond acceptors (Lipinski definition) is 4. The highest BCUT2D eigenvalue weighted by atomic mass is 16.4. The van der Waals surface area contributed by atoms with Crippen LogP contribution in [0.25, 0.3) is 11.1 Å². The highest BCUT2D eigenvalue weighted by molar-refractivity contribution is 5.92. The zero-order valence-electron chi connectivity index (χ0n) is 11.5. The fourth-order valence-electron chi connectivity index (χ4n) is 2.12. The van der Waals surface area contributed by atoms with Crippen molar-refractivity contribution in [3.05, 3.63) is 52.9 Å². The van der Waals surface area contributed by atoms with Crippen molar-refractivity contribution in [1.82, 2.24) is 4.57 Å². The van der Waals surface area contributed by atoms with Gasteiger partial charge in [0.1, 0.15) is 5.76 Å². The van der Waals surface area contributed by atoms with Crippen LogP contribution in [0.3, 0.4) is 0 Å². The van der Waals surface area contributed by atoms with Gasteiger partial charge in [-0.05, 0) is 30.3 Å². The standard InChI is InChI=1S/C15H14N2O4/c1-17-12-9-10(4-6-13(12)21-15(17)19)16-14(18)7-5-11-3-2-8-20-11/h2-4,6,8-9H,5,7H2,1H3,(H,16,18). The molecular formula is C15H14N2O4. The molecule has 0 spiro atoms. The predicted molar refractivity (Wildman–Crippen MR) is 77.1 cm³/mol. The molecule has 1 N–H and O–H groups in total. The van der Waals surface area contributed by atoms with Crippen LogP contribution in [0.1, 0.15) is 12.2 Å². The van der Waals surface area contributed by atoms with Gasteiger partial charge >= 0.3 is 5.76 Å². The minimum absolute atomic E-state index is 0.112. The van der Waals surface area contributed by atoms with E-state index in [0.29, 0.717) is 29.6 Å². The van der Waals surface area contributed by atoms with Crippen LogP contribution in [-0.2, 0) is 18.3 Å². The summed E-state index contributed by atoms with van der Waals surface area (Å²) < 4.78 is 11.6. The quantitative estimate of drug-likeness (QED) is 0.798. The maximum absolute atomic E-state index is 11.9. The van der Waals surface area contributed by atoms with Crippen molar-refractivity contribution in [2.24, 2.45) is 7.05 Å². The second kappa shape index (κ2) is 5.32. The summed E-state index contributed by atoms with van der Waals surface area (Å²) in [5.74, 6) is 0.239. The first-order chi connectivity index (χ1) is 10.1. The van der Waals surface area contributed by atoms with Gasteiger partial charge in [-0.15, -0.1) is 0 Å². The Morgan fingerprint density at radius 1 is 1.33 bits per heavy atom. The monoisotopic (exact) mass is 286 g/mol. The molecule has 0 saturated carbocycles. The lowest BCUT2D eigenvalue weighted by Gasteiger charge is -2.04. The molecule has 1 amide bonds. The van der Waals surface area contributed by atoms with Gasteiger partial charge < -0.3 is 14.2 Å². The van der Waals surface area contributed by atoms with Crippen LogP contribution in [0.4, 0.5) is 5.69 Å². The maximum Gasteiger partial charge on any atom is 0.419 e. The Kier molecular flexibility index (Phi) is 3.35. The summed E-state index contributed by atoms with van der Waals surface area (Å²) in [7, 11) is 1.62. The van der Waals surface area contributed by atoms with Crippen molar-refractivity contribution in [1.29, 1.82) is 0 Å². The van der Waals surface area contributed by atoms with Gasteiger partial charge in [-0.1, -0.05) is 0 Å². The maximum atomic E-state index is 11.9. The molecule has 0 radical (unpaired) electrons. The third-order valence-electron chi connectivity index (χ3n) is 3.25. The van der Waals surface area contributed by atoms with Gasteiger partial charge in [0.15, 0.2) is 5.58 Å². The van der Waals surface area contributed by atoms with E-state index in [4.69, 9.17) is 8.83 Å². The molecule has 0 unspecified atom stereocenters. The highest BCUT2D eigenvalue weighted by Crippen LogP contribution is 2.18. The largest absolute Gasteiger partial charge is 0.469 e. The number of aromatic nitrogens is 1. The van der Waals surface area contributed by atoms with Crippen molar-refractivity contribution in [3.8, 4) is 0 Å². The Morgan fingerprint density at radius 3 is 2.95 bits per heavy atom. The Hall–Kier alpha value is -2.76. The molecule has 0 aliphatic heterocycles. The lowest BCUT2D eigenvalue weighted by atomic mass is 10.2. The predicted octanol–water partition coefficient (Wildman–Crippen LogP) is 2.30. The number of benzene rings is 1. The van der Waals surface area contributed by atoms with Crippen molar-refractivity contribution in [2.45, 2.75) is 12.8 Å². The topological polar surface area (TPSA) is 77.4 Å². The summed E-state index contributed by atoms with van der Waals surface area (Å²) in [4.78, 5) is 23.3. The molecular weight excluding hydrogens is 272 g/mol. The van der Waals surface area contributed by atoms with E-state index in [1.165, 1.54) is 4.57 Å². The van der Waals surface area contributed by atoms with Crippen molar-refractivity contribution < 1.29 is 13.6 Å². The molecule has 6 heteroatoms. The molecule has 0 saturated heterocycles. The number of hydrogen-bond donors (Lipinski definition) is 1. The Labute approximate surface area is 120 Å². The number of fused-ring (bicyclic) bond motifs is 1. The average Bonchev–Trinajstić information content (AvgIpc) is 3.07. The molecule has 0 atom stereocenters. The van der Waals surface area contributed by atoms with Crippen LogP contribution in [0.15, 0.2) is 50.2 Å². The molecule has 2 aromatic heterocycles. The van der Waals surface area contributed by atoms with E-state index in [1.54, 1.807) is 37.6 Å². The molecule has 108 valence electrons. The van der Waals surface area contributed by atoms with Crippen LogP contribution in [-0.4, -0.2) is 10.5 Å². The zero-order valence-corrected chi connectivity index (χ0v) is 11.5. The molecule has 3 rings (SSSR count). The van der Waals surface area contributed by atoms with Gasteiger partial charge in [0.2, 0.25) is 5.91 Å². The van der Waals surface area contributed by atoms with E-state index in [0.717, 1.165) is 5.76 Å². The number of furan rings is 1. The first kappa shape index (κ1) is 13.2. The lowest BCUT2D eigenvalue weighted by Crippen LogP contribution is -2.12. The summed E-state index contributed by atoms with van der Waals surface area (Å²) in [5.41, 5.74) is 1.77. The van der Waals surface area contributed by atoms with E-state index in [-0.39, 0.29) is 5.91 Å². The fraction of sp³-hybridized carbons (Fsp3) is 0.200.